The molecule has 2 rings (SSSR count). The first-order valence-corrected chi connectivity index (χ1v) is 8.18. The first-order chi connectivity index (χ1) is 10.2. The van der Waals surface area contributed by atoms with Crippen molar-refractivity contribution in [3.63, 3.8) is 0 Å². The van der Waals surface area contributed by atoms with Gasteiger partial charge in [0.25, 0.3) is 0 Å². The van der Waals surface area contributed by atoms with E-state index >= 15 is 0 Å². The fourth-order valence-electron chi connectivity index (χ4n) is 2.05. The fourth-order valence-corrected chi connectivity index (χ4v) is 2.62. The van der Waals surface area contributed by atoms with Crippen LogP contribution in [0.4, 0.5) is 0 Å². The lowest BCUT2D eigenvalue weighted by atomic mass is 10.1. The van der Waals surface area contributed by atoms with E-state index < -0.39 is 0 Å². The lowest BCUT2D eigenvalue weighted by Crippen LogP contribution is -2.23. The SMILES string of the molecule is CCNCC(OCc1cccc(Br)c1)c1ccc(Cl)cc1. The van der Waals surface area contributed by atoms with Crippen molar-refractivity contribution < 1.29 is 4.74 Å². The van der Waals surface area contributed by atoms with Gasteiger partial charge in [-0.1, -0.05) is 58.7 Å². The first-order valence-electron chi connectivity index (χ1n) is 7.01. The van der Waals surface area contributed by atoms with Crippen LogP contribution >= 0.6 is 27.5 Å². The van der Waals surface area contributed by atoms with Crippen LogP contribution in [-0.4, -0.2) is 13.1 Å². The number of likely N-dealkylation sites (N-methyl/N-ethyl adjacent to an activating group) is 1. The number of benzene rings is 2. The smallest absolute Gasteiger partial charge is 0.0953 e. The fraction of sp³-hybridized carbons (Fsp3) is 0.294. The highest BCUT2D eigenvalue weighted by atomic mass is 79.9. The summed E-state index contributed by atoms with van der Waals surface area (Å²) >= 11 is 9.43. The molecular formula is C17H19BrClNO. The van der Waals surface area contributed by atoms with Crippen LogP contribution in [0, 0.1) is 0 Å². The molecule has 1 unspecified atom stereocenters. The summed E-state index contributed by atoms with van der Waals surface area (Å²) in [4.78, 5) is 0. The lowest BCUT2D eigenvalue weighted by Gasteiger charge is -2.19. The van der Waals surface area contributed by atoms with E-state index in [2.05, 4.69) is 40.3 Å². The Morgan fingerprint density at radius 1 is 1.19 bits per heavy atom. The van der Waals surface area contributed by atoms with Gasteiger partial charge < -0.3 is 10.1 Å². The van der Waals surface area contributed by atoms with Gasteiger partial charge >= 0.3 is 0 Å². The van der Waals surface area contributed by atoms with E-state index in [4.69, 9.17) is 16.3 Å². The van der Waals surface area contributed by atoms with Crippen molar-refractivity contribution >= 4 is 27.5 Å². The standard InChI is InChI=1S/C17H19BrClNO/c1-2-20-11-17(14-6-8-16(19)9-7-14)21-12-13-4-3-5-15(18)10-13/h3-10,17,20H,2,11-12H2,1H3. The molecule has 4 heteroatoms. The summed E-state index contributed by atoms with van der Waals surface area (Å²) < 4.78 is 7.15. The molecule has 0 bridgehead atoms. The van der Waals surface area contributed by atoms with E-state index in [9.17, 15) is 0 Å². The zero-order chi connectivity index (χ0) is 15.1. The van der Waals surface area contributed by atoms with Crippen LogP contribution in [0.3, 0.4) is 0 Å². The second-order valence-electron chi connectivity index (χ2n) is 4.79. The molecule has 2 aromatic rings. The third kappa shape index (κ3) is 5.44. The van der Waals surface area contributed by atoms with Crippen LogP contribution in [0.5, 0.6) is 0 Å². The van der Waals surface area contributed by atoms with Crippen molar-refractivity contribution in [1.29, 1.82) is 0 Å². The minimum Gasteiger partial charge on any atom is -0.368 e. The minimum atomic E-state index is 0.0150. The van der Waals surface area contributed by atoms with Gasteiger partial charge in [-0.2, -0.15) is 0 Å². The summed E-state index contributed by atoms with van der Waals surface area (Å²) in [6.07, 6.45) is 0.0150. The molecule has 0 spiro atoms. The molecule has 0 saturated heterocycles. The van der Waals surface area contributed by atoms with E-state index in [0.29, 0.717) is 6.61 Å². The topological polar surface area (TPSA) is 21.3 Å². The Morgan fingerprint density at radius 3 is 2.62 bits per heavy atom. The van der Waals surface area contributed by atoms with E-state index in [1.54, 1.807) is 0 Å². The Hall–Kier alpha value is -0.870. The monoisotopic (exact) mass is 367 g/mol. The molecule has 0 aliphatic carbocycles. The van der Waals surface area contributed by atoms with Crippen molar-refractivity contribution in [2.24, 2.45) is 0 Å². The molecule has 2 aromatic carbocycles. The summed E-state index contributed by atoms with van der Waals surface area (Å²) in [6, 6.07) is 16.0. The molecular weight excluding hydrogens is 350 g/mol. The highest BCUT2D eigenvalue weighted by Gasteiger charge is 2.12. The minimum absolute atomic E-state index is 0.0150. The Balaban J connectivity index is 2.04. The molecule has 0 heterocycles. The van der Waals surface area contributed by atoms with Gasteiger partial charge in [-0.15, -0.1) is 0 Å². The van der Waals surface area contributed by atoms with Crippen molar-refractivity contribution in [2.45, 2.75) is 19.6 Å². The average Bonchev–Trinajstić information content (AvgIpc) is 2.49. The molecule has 112 valence electrons. The molecule has 1 atom stereocenters. The van der Waals surface area contributed by atoms with Crippen LogP contribution in [0.2, 0.25) is 5.02 Å². The van der Waals surface area contributed by atoms with Crippen LogP contribution in [0.15, 0.2) is 53.0 Å². The van der Waals surface area contributed by atoms with Crippen LogP contribution in [0.25, 0.3) is 0 Å². The normalized spacial score (nSPS) is 12.3. The summed E-state index contributed by atoms with van der Waals surface area (Å²) in [5.74, 6) is 0. The molecule has 0 radical (unpaired) electrons. The quantitative estimate of drug-likeness (QED) is 0.745. The highest BCUT2D eigenvalue weighted by molar-refractivity contribution is 9.10. The van der Waals surface area contributed by atoms with Crippen LogP contribution in [-0.2, 0) is 11.3 Å². The number of rotatable bonds is 7. The number of halogens is 2. The summed E-state index contributed by atoms with van der Waals surface area (Å²) in [7, 11) is 0. The largest absolute Gasteiger partial charge is 0.368 e. The summed E-state index contributed by atoms with van der Waals surface area (Å²) in [5, 5.41) is 4.09. The molecule has 21 heavy (non-hydrogen) atoms. The molecule has 0 fully saturated rings. The third-order valence-corrected chi connectivity index (χ3v) is 3.91. The van der Waals surface area contributed by atoms with Gasteiger partial charge in [0.2, 0.25) is 0 Å². The summed E-state index contributed by atoms with van der Waals surface area (Å²) in [6.45, 7) is 4.38. The van der Waals surface area contributed by atoms with Gasteiger partial charge in [-0.3, -0.25) is 0 Å². The zero-order valence-electron chi connectivity index (χ0n) is 12.0. The maximum Gasteiger partial charge on any atom is 0.0953 e. The number of hydrogen-bond acceptors (Lipinski definition) is 2. The van der Waals surface area contributed by atoms with Gasteiger partial charge in [0.1, 0.15) is 0 Å². The lowest BCUT2D eigenvalue weighted by molar-refractivity contribution is 0.0401. The average molecular weight is 369 g/mol. The third-order valence-electron chi connectivity index (χ3n) is 3.16. The summed E-state index contributed by atoms with van der Waals surface area (Å²) in [5.41, 5.74) is 2.29. The number of ether oxygens (including phenoxy) is 1. The maximum absolute atomic E-state index is 6.08. The van der Waals surface area contributed by atoms with Crippen molar-refractivity contribution in [2.75, 3.05) is 13.1 Å². The maximum atomic E-state index is 6.08. The zero-order valence-corrected chi connectivity index (χ0v) is 14.3. The Labute approximate surface area is 139 Å². The van der Waals surface area contributed by atoms with E-state index in [-0.39, 0.29) is 6.10 Å². The van der Waals surface area contributed by atoms with Crippen molar-refractivity contribution in [1.82, 2.24) is 5.32 Å². The van der Waals surface area contributed by atoms with Crippen molar-refractivity contribution in [3.05, 3.63) is 69.2 Å². The van der Waals surface area contributed by atoms with Crippen LogP contribution in [0.1, 0.15) is 24.2 Å². The number of hydrogen-bond donors (Lipinski definition) is 1. The predicted molar refractivity (Wildman–Crippen MR) is 91.7 cm³/mol. The first kappa shape index (κ1) is 16.5. The molecule has 0 aliphatic rings. The molecule has 1 N–H and O–H groups in total. The second kappa shape index (κ2) is 8.54. The van der Waals surface area contributed by atoms with Crippen LogP contribution < -0.4 is 5.32 Å². The highest BCUT2D eigenvalue weighted by Crippen LogP contribution is 2.21. The van der Waals surface area contributed by atoms with E-state index in [1.807, 2.05) is 36.4 Å². The van der Waals surface area contributed by atoms with Gasteiger partial charge in [0.15, 0.2) is 0 Å². The van der Waals surface area contributed by atoms with Gasteiger partial charge in [-0.05, 0) is 41.9 Å². The number of nitrogens with one attached hydrogen (secondary N) is 1. The molecule has 0 aliphatic heterocycles. The van der Waals surface area contributed by atoms with Gasteiger partial charge in [0, 0.05) is 16.0 Å². The Kier molecular flexibility index (Phi) is 6.71. The molecule has 0 aromatic heterocycles. The van der Waals surface area contributed by atoms with E-state index in [0.717, 1.165) is 33.7 Å². The predicted octanol–water partition coefficient (Wildman–Crippen LogP) is 4.97. The Bertz CT molecular complexity index is 559. The van der Waals surface area contributed by atoms with E-state index in [1.165, 1.54) is 0 Å². The molecule has 0 saturated carbocycles. The molecule has 0 amide bonds. The second-order valence-corrected chi connectivity index (χ2v) is 6.14. The van der Waals surface area contributed by atoms with Gasteiger partial charge in [-0.25, -0.2) is 0 Å². The molecule has 2 nitrogen and oxygen atoms in total. The van der Waals surface area contributed by atoms with Crippen molar-refractivity contribution in [3.8, 4) is 0 Å². The van der Waals surface area contributed by atoms with Gasteiger partial charge in [0.05, 0.1) is 12.7 Å². The Morgan fingerprint density at radius 2 is 1.95 bits per heavy atom.